The molecule has 6 heteroatoms. The van der Waals surface area contributed by atoms with Gasteiger partial charge in [0, 0.05) is 25.1 Å². The summed E-state index contributed by atoms with van der Waals surface area (Å²) in [6.45, 7) is 4.61. The molecule has 0 aliphatic heterocycles. The van der Waals surface area contributed by atoms with E-state index in [1.807, 2.05) is 31.5 Å². The Morgan fingerprint density at radius 2 is 1.49 bits per heavy atom. The zero-order chi connectivity index (χ0) is 24.9. The molecule has 6 nitrogen and oxygen atoms in total. The summed E-state index contributed by atoms with van der Waals surface area (Å²) in [5.41, 5.74) is 2.49. The number of benzene rings is 2. The number of hydrogen-bond donors (Lipinski definition) is 0. The number of carbonyl (C=O) groups is 1. The normalized spacial score (nSPS) is 11.7. The van der Waals surface area contributed by atoms with Gasteiger partial charge in [0.1, 0.15) is 18.1 Å². The summed E-state index contributed by atoms with van der Waals surface area (Å²) >= 11 is 0. The molecule has 35 heavy (non-hydrogen) atoms. The SMILES string of the molecule is CCCCCCCCc1cnc(-c2ccc(OC(=O)c3ccc(OC[C@H](C)OC)cc3)cc2)nc1. The maximum absolute atomic E-state index is 12.5. The van der Waals surface area contributed by atoms with Crippen molar-refractivity contribution in [1.29, 1.82) is 0 Å². The van der Waals surface area contributed by atoms with Gasteiger partial charge in [0.05, 0.1) is 11.7 Å². The number of aromatic nitrogens is 2. The molecule has 3 rings (SSSR count). The summed E-state index contributed by atoms with van der Waals surface area (Å²) in [5, 5.41) is 0. The number of aryl methyl sites for hydroxylation is 1. The summed E-state index contributed by atoms with van der Waals surface area (Å²) < 4.78 is 16.3. The van der Waals surface area contributed by atoms with Crippen LogP contribution in [-0.4, -0.2) is 35.8 Å². The molecule has 1 atom stereocenters. The molecule has 0 saturated heterocycles. The van der Waals surface area contributed by atoms with E-state index in [0.717, 1.165) is 12.0 Å². The number of hydrogen-bond acceptors (Lipinski definition) is 6. The van der Waals surface area contributed by atoms with Gasteiger partial charge in [-0.25, -0.2) is 14.8 Å². The second kappa shape index (κ2) is 14.2. The maximum atomic E-state index is 12.5. The fraction of sp³-hybridized carbons (Fsp3) is 0.414. The molecule has 186 valence electrons. The summed E-state index contributed by atoms with van der Waals surface area (Å²) in [6, 6.07) is 14.1. The molecule has 1 heterocycles. The minimum atomic E-state index is -0.426. The average Bonchev–Trinajstić information content (AvgIpc) is 2.90. The summed E-state index contributed by atoms with van der Waals surface area (Å²) in [7, 11) is 1.64. The lowest BCUT2D eigenvalue weighted by molar-refractivity contribution is 0.0712. The van der Waals surface area contributed by atoms with E-state index in [2.05, 4.69) is 16.9 Å². The highest BCUT2D eigenvalue weighted by molar-refractivity contribution is 5.91. The molecule has 0 aliphatic carbocycles. The first-order chi connectivity index (χ1) is 17.1. The molecule has 0 N–H and O–H groups in total. The Morgan fingerprint density at radius 3 is 2.14 bits per heavy atom. The van der Waals surface area contributed by atoms with Crippen LogP contribution in [-0.2, 0) is 11.2 Å². The number of unbranched alkanes of at least 4 members (excludes halogenated alkanes) is 5. The Balaban J connectivity index is 1.48. The molecule has 0 amide bonds. The summed E-state index contributed by atoms with van der Waals surface area (Å²) in [5.74, 6) is 1.37. The van der Waals surface area contributed by atoms with Crippen LogP contribution in [0.4, 0.5) is 0 Å². The Kier molecular flexibility index (Phi) is 10.7. The zero-order valence-electron chi connectivity index (χ0n) is 21.0. The molecule has 3 aromatic rings. The van der Waals surface area contributed by atoms with Crippen molar-refractivity contribution >= 4 is 5.97 Å². The lowest BCUT2D eigenvalue weighted by Gasteiger charge is -2.11. The molecule has 0 radical (unpaired) electrons. The van der Waals surface area contributed by atoms with E-state index < -0.39 is 5.97 Å². The first kappa shape index (κ1) is 26.4. The highest BCUT2D eigenvalue weighted by atomic mass is 16.5. The van der Waals surface area contributed by atoms with Crippen molar-refractivity contribution in [3.05, 3.63) is 72.1 Å². The van der Waals surface area contributed by atoms with Gasteiger partial charge in [-0.1, -0.05) is 39.0 Å². The van der Waals surface area contributed by atoms with Crippen LogP contribution in [0.2, 0.25) is 0 Å². The molecule has 0 saturated carbocycles. The fourth-order valence-electron chi connectivity index (χ4n) is 3.55. The molecule has 0 bridgehead atoms. The van der Waals surface area contributed by atoms with Gasteiger partial charge < -0.3 is 14.2 Å². The molecular weight excluding hydrogens is 440 g/mol. The second-order valence-corrected chi connectivity index (χ2v) is 8.73. The minimum absolute atomic E-state index is 0.00365. The number of methoxy groups -OCH3 is 1. The lowest BCUT2D eigenvalue weighted by Crippen LogP contribution is -2.16. The standard InChI is InChI=1S/C29H36N2O4/c1-4-5-6-7-8-9-10-23-19-30-28(31-20-23)24-11-17-27(18-12-24)35-29(32)25-13-15-26(16-14-25)34-21-22(2)33-3/h11-20,22H,4-10,21H2,1-3H3/t22-/m0/s1. The third-order valence-electron chi connectivity index (χ3n) is 5.82. The van der Waals surface area contributed by atoms with Crippen LogP contribution in [0, 0.1) is 0 Å². The number of rotatable bonds is 14. The van der Waals surface area contributed by atoms with Gasteiger partial charge in [0.15, 0.2) is 5.82 Å². The largest absolute Gasteiger partial charge is 0.491 e. The second-order valence-electron chi connectivity index (χ2n) is 8.73. The van der Waals surface area contributed by atoms with Crippen molar-refractivity contribution in [2.75, 3.05) is 13.7 Å². The van der Waals surface area contributed by atoms with Gasteiger partial charge in [-0.15, -0.1) is 0 Å². The number of nitrogens with zero attached hydrogens (tertiary/aromatic N) is 2. The predicted molar refractivity (Wildman–Crippen MR) is 138 cm³/mol. The van der Waals surface area contributed by atoms with Crippen molar-refractivity contribution < 1.29 is 19.0 Å². The quantitative estimate of drug-likeness (QED) is 0.147. The predicted octanol–water partition coefficient (Wildman–Crippen LogP) is 6.68. The van der Waals surface area contributed by atoms with Crippen LogP contribution in [0.15, 0.2) is 60.9 Å². The van der Waals surface area contributed by atoms with Crippen molar-refractivity contribution in [3.8, 4) is 22.9 Å². The lowest BCUT2D eigenvalue weighted by atomic mass is 10.1. The van der Waals surface area contributed by atoms with E-state index in [0.29, 0.717) is 29.5 Å². The summed E-state index contributed by atoms with van der Waals surface area (Å²) in [6.07, 6.45) is 12.5. The molecule has 0 spiro atoms. The molecule has 0 aliphatic rings. The van der Waals surface area contributed by atoms with Crippen molar-refractivity contribution in [2.24, 2.45) is 0 Å². The third kappa shape index (κ3) is 8.80. The van der Waals surface area contributed by atoms with E-state index in [4.69, 9.17) is 14.2 Å². The van der Waals surface area contributed by atoms with Crippen molar-refractivity contribution in [3.63, 3.8) is 0 Å². The van der Waals surface area contributed by atoms with Gasteiger partial charge in [-0.3, -0.25) is 0 Å². The van der Waals surface area contributed by atoms with Gasteiger partial charge in [0.25, 0.3) is 0 Å². The van der Waals surface area contributed by atoms with Gasteiger partial charge >= 0.3 is 5.97 Å². The van der Waals surface area contributed by atoms with Crippen LogP contribution in [0.25, 0.3) is 11.4 Å². The Labute approximate surface area is 208 Å². The Morgan fingerprint density at radius 1 is 0.857 bits per heavy atom. The molecule has 0 unspecified atom stereocenters. The van der Waals surface area contributed by atoms with Crippen molar-refractivity contribution in [2.45, 2.75) is 64.9 Å². The highest BCUT2D eigenvalue weighted by Gasteiger charge is 2.10. The third-order valence-corrected chi connectivity index (χ3v) is 5.82. The minimum Gasteiger partial charge on any atom is -0.491 e. The average molecular weight is 477 g/mol. The van der Waals surface area contributed by atoms with E-state index in [-0.39, 0.29) is 6.10 Å². The molecular formula is C29H36N2O4. The van der Waals surface area contributed by atoms with E-state index >= 15 is 0 Å². The van der Waals surface area contributed by atoms with Gasteiger partial charge in [-0.2, -0.15) is 0 Å². The number of esters is 1. The van der Waals surface area contributed by atoms with Crippen LogP contribution in [0.3, 0.4) is 0 Å². The molecule has 0 fully saturated rings. The van der Waals surface area contributed by atoms with E-state index in [1.165, 1.54) is 44.1 Å². The van der Waals surface area contributed by atoms with E-state index in [9.17, 15) is 4.79 Å². The van der Waals surface area contributed by atoms with Crippen LogP contribution < -0.4 is 9.47 Å². The van der Waals surface area contributed by atoms with Crippen LogP contribution in [0.5, 0.6) is 11.5 Å². The van der Waals surface area contributed by atoms with Crippen LogP contribution in [0.1, 0.15) is 68.3 Å². The zero-order valence-corrected chi connectivity index (χ0v) is 21.0. The van der Waals surface area contributed by atoms with Gasteiger partial charge in [-0.05, 0) is 73.9 Å². The number of carbonyl (C=O) groups excluding carboxylic acids is 1. The van der Waals surface area contributed by atoms with Crippen molar-refractivity contribution in [1.82, 2.24) is 9.97 Å². The number of ether oxygens (including phenoxy) is 3. The first-order valence-corrected chi connectivity index (χ1v) is 12.5. The molecule has 2 aromatic carbocycles. The summed E-state index contributed by atoms with van der Waals surface area (Å²) in [4.78, 5) is 21.5. The smallest absolute Gasteiger partial charge is 0.343 e. The Hall–Kier alpha value is -3.25. The maximum Gasteiger partial charge on any atom is 0.343 e. The van der Waals surface area contributed by atoms with Gasteiger partial charge in [0.2, 0.25) is 0 Å². The molecule has 1 aromatic heterocycles. The van der Waals surface area contributed by atoms with E-state index in [1.54, 1.807) is 43.5 Å². The topological polar surface area (TPSA) is 70.5 Å². The highest BCUT2D eigenvalue weighted by Crippen LogP contribution is 2.21. The Bertz CT molecular complexity index is 1020. The monoisotopic (exact) mass is 476 g/mol. The first-order valence-electron chi connectivity index (χ1n) is 12.5. The van der Waals surface area contributed by atoms with Crippen LogP contribution >= 0.6 is 0 Å². The fourth-order valence-corrected chi connectivity index (χ4v) is 3.55.